The van der Waals surface area contributed by atoms with Gasteiger partial charge in [0.25, 0.3) is 10.9 Å². The van der Waals surface area contributed by atoms with Gasteiger partial charge in [-0.15, -0.1) is 0 Å². The van der Waals surface area contributed by atoms with E-state index in [1.54, 1.807) is 6.07 Å². The molecule has 3 aromatic rings. The highest BCUT2D eigenvalue weighted by molar-refractivity contribution is 5.80. The summed E-state index contributed by atoms with van der Waals surface area (Å²) in [5, 5.41) is 9.23. The second kappa shape index (κ2) is 6.91. The lowest BCUT2D eigenvalue weighted by Crippen LogP contribution is -2.37. The van der Waals surface area contributed by atoms with Crippen molar-refractivity contribution in [1.82, 2.24) is 5.32 Å². The molecule has 7 heteroatoms. The van der Waals surface area contributed by atoms with E-state index in [1.807, 2.05) is 32.9 Å². The zero-order valence-electron chi connectivity index (χ0n) is 16.0. The number of halogens is 1. The molecule has 0 saturated heterocycles. The van der Waals surface area contributed by atoms with E-state index in [9.17, 15) is 14.0 Å². The number of benzene rings is 1. The molecule has 6 nitrogen and oxygen atoms in total. The van der Waals surface area contributed by atoms with Crippen LogP contribution in [-0.4, -0.2) is 0 Å². The van der Waals surface area contributed by atoms with Gasteiger partial charge in [0.2, 0.25) is 0 Å². The summed E-state index contributed by atoms with van der Waals surface area (Å²) in [4.78, 5) is 24.4. The predicted octanol–water partition coefficient (Wildman–Crippen LogP) is 3.79. The third-order valence-corrected chi connectivity index (χ3v) is 5.34. The van der Waals surface area contributed by atoms with Gasteiger partial charge in [-0.05, 0) is 49.6 Å². The number of nitrogens with one attached hydrogen (secondary N) is 3. The molecule has 0 bridgehead atoms. The Bertz CT molecular complexity index is 1110. The zero-order chi connectivity index (χ0) is 20.0. The first-order chi connectivity index (χ1) is 13.4. The molecule has 3 N–H and O–H groups in total. The van der Waals surface area contributed by atoms with Gasteiger partial charge < -0.3 is 20.4 Å². The number of aryl methyl sites for hydroxylation is 1. The first-order valence-corrected chi connectivity index (χ1v) is 9.38. The van der Waals surface area contributed by atoms with Crippen molar-refractivity contribution >= 4 is 17.1 Å². The molecule has 2 aromatic carbocycles. The Morgan fingerprint density at radius 3 is 2.61 bits per heavy atom. The van der Waals surface area contributed by atoms with E-state index in [4.69, 9.17) is 4.42 Å². The molecular weight excluding hydrogens is 361 g/mol. The fourth-order valence-electron chi connectivity index (χ4n) is 3.69. The number of hydrogen-bond acceptors (Lipinski definition) is 6. The second-order valence-corrected chi connectivity index (χ2v) is 7.18. The summed E-state index contributed by atoms with van der Waals surface area (Å²) < 4.78 is 20.1. The molecule has 1 aliphatic heterocycles. The number of fused-ring (bicyclic) bond motifs is 1. The summed E-state index contributed by atoms with van der Waals surface area (Å²) in [5.74, 6) is 0.994. The monoisotopic (exact) mass is 383 g/mol. The van der Waals surface area contributed by atoms with Gasteiger partial charge in [-0.3, -0.25) is 9.59 Å². The number of hydrogen-bond donors (Lipinski definition) is 3. The first-order valence-electron chi connectivity index (χ1n) is 9.38. The predicted molar refractivity (Wildman–Crippen MR) is 106 cm³/mol. The molecule has 0 radical (unpaired) electrons. The van der Waals surface area contributed by atoms with Crippen LogP contribution in [0.25, 0.3) is 0 Å². The second-order valence-electron chi connectivity index (χ2n) is 7.18. The molecule has 0 amide bonds. The molecule has 4 rings (SSSR count). The molecule has 1 aromatic heterocycles. The van der Waals surface area contributed by atoms with Gasteiger partial charge >= 0.3 is 0 Å². The van der Waals surface area contributed by atoms with E-state index in [0.29, 0.717) is 18.7 Å². The molecule has 0 aliphatic carbocycles. The zero-order valence-corrected chi connectivity index (χ0v) is 16.0. The standard InChI is InChI=1S/C21H22FN3O3/c1-4-15(16-8-5-10(2)28-16)24-18-19(21(27)20(18)26)25-17-13-9-23-11(3)12(13)6-7-14(17)22/h5-8,11,15,23-25H,4,9H2,1-3H3/t11-,15-/m1/s1. The van der Waals surface area contributed by atoms with Crippen molar-refractivity contribution in [3.8, 4) is 0 Å². The van der Waals surface area contributed by atoms with Crippen LogP contribution < -0.4 is 26.8 Å². The third-order valence-electron chi connectivity index (χ3n) is 5.34. The molecule has 0 spiro atoms. The molecule has 1 aliphatic rings. The maximum Gasteiger partial charge on any atom is 0.253 e. The van der Waals surface area contributed by atoms with Crippen LogP contribution in [0.2, 0.25) is 0 Å². The van der Waals surface area contributed by atoms with Crippen LogP contribution in [0.15, 0.2) is 38.3 Å². The SMILES string of the molecule is CC[C@@H](Nc1c(Nc2c(F)ccc3c2CN[C@@H]3C)c(=O)c1=O)c1ccc(C)o1. The largest absolute Gasteiger partial charge is 0.464 e. The lowest BCUT2D eigenvalue weighted by Gasteiger charge is -2.21. The van der Waals surface area contributed by atoms with Crippen molar-refractivity contribution < 1.29 is 8.81 Å². The average Bonchev–Trinajstić information content (AvgIpc) is 3.28. The Kier molecular flexibility index (Phi) is 4.55. The molecule has 2 atom stereocenters. The van der Waals surface area contributed by atoms with E-state index in [1.165, 1.54) is 6.07 Å². The van der Waals surface area contributed by atoms with Crippen LogP contribution >= 0.6 is 0 Å². The van der Waals surface area contributed by atoms with Crippen molar-refractivity contribution in [3.63, 3.8) is 0 Å². The van der Waals surface area contributed by atoms with Gasteiger partial charge in [0, 0.05) is 12.6 Å². The Balaban J connectivity index is 1.66. The van der Waals surface area contributed by atoms with Crippen LogP contribution in [0.1, 0.15) is 55.0 Å². The van der Waals surface area contributed by atoms with Gasteiger partial charge in [-0.25, -0.2) is 4.39 Å². The molecule has 0 fully saturated rings. The minimum Gasteiger partial charge on any atom is -0.464 e. The Hall–Kier alpha value is -2.93. The summed E-state index contributed by atoms with van der Waals surface area (Å²) in [5.41, 5.74) is 1.01. The van der Waals surface area contributed by atoms with Gasteiger partial charge in [0.15, 0.2) is 0 Å². The number of furan rings is 1. The van der Waals surface area contributed by atoms with Gasteiger partial charge in [-0.2, -0.15) is 0 Å². The van der Waals surface area contributed by atoms with E-state index in [0.717, 1.165) is 16.9 Å². The summed E-state index contributed by atoms with van der Waals surface area (Å²) in [7, 11) is 0. The van der Waals surface area contributed by atoms with Gasteiger partial charge in [-0.1, -0.05) is 13.0 Å². The molecule has 0 saturated carbocycles. The van der Waals surface area contributed by atoms with Crippen LogP contribution in [-0.2, 0) is 6.54 Å². The van der Waals surface area contributed by atoms with Gasteiger partial charge in [0.1, 0.15) is 28.7 Å². The Labute approximate surface area is 161 Å². The average molecular weight is 383 g/mol. The topological polar surface area (TPSA) is 83.4 Å². The van der Waals surface area contributed by atoms with Crippen molar-refractivity contribution in [2.24, 2.45) is 0 Å². The first kappa shape index (κ1) is 18.4. The highest BCUT2D eigenvalue weighted by atomic mass is 19.1. The molecular formula is C21H22FN3O3. The quantitative estimate of drug-likeness (QED) is 0.562. The van der Waals surface area contributed by atoms with Crippen LogP contribution in [0.4, 0.5) is 21.5 Å². The van der Waals surface area contributed by atoms with E-state index >= 15 is 0 Å². The van der Waals surface area contributed by atoms with Crippen molar-refractivity contribution in [2.45, 2.75) is 45.8 Å². The molecule has 146 valence electrons. The van der Waals surface area contributed by atoms with Crippen molar-refractivity contribution in [1.29, 1.82) is 0 Å². The fourth-order valence-corrected chi connectivity index (χ4v) is 3.69. The number of rotatable bonds is 6. The third kappa shape index (κ3) is 2.92. The van der Waals surface area contributed by atoms with Crippen molar-refractivity contribution in [3.05, 3.63) is 73.2 Å². The van der Waals surface area contributed by atoms with Gasteiger partial charge in [0.05, 0.1) is 11.7 Å². The summed E-state index contributed by atoms with van der Waals surface area (Å²) >= 11 is 0. The fraction of sp³-hybridized carbons (Fsp3) is 0.333. The minimum atomic E-state index is -0.649. The van der Waals surface area contributed by atoms with Crippen LogP contribution in [0.3, 0.4) is 0 Å². The maximum absolute atomic E-state index is 14.5. The van der Waals surface area contributed by atoms with E-state index < -0.39 is 16.7 Å². The smallest absolute Gasteiger partial charge is 0.253 e. The highest BCUT2D eigenvalue weighted by Crippen LogP contribution is 2.35. The lowest BCUT2D eigenvalue weighted by molar-refractivity contribution is 0.452. The Morgan fingerprint density at radius 2 is 1.93 bits per heavy atom. The maximum atomic E-state index is 14.5. The molecule has 2 heterocycles. The normalized spacial score (nSPS) is 16.9. The molecule has 0 unspecified atom stereocenters. The van der Waals surface area contributed by atoms with Crippen molar-refractivity contribution in [2.75, 3.05) is 10.6 Å². The van der Waals surface area contributed by atoms with Crippen LogP contribution in [0.5, 0.6) is 0 Å². The minimum absolute atomic E-state index is 0.0959. The number of anilines is 3. The summed E-state index contributed by atoms with van der Waals surface area (Å²) in [6.07, 6.45) is 0.654. The van der Waals surface area contributed by atoms with E-state index in [-0.39, 0.29) is 29.1 Å². The Morgan fingerprint density at radius 1 is 1.18 bits per heavy atom. The van der Waals surface area contributed by atoms with E-state index in [2.05, 4.69) is 16.0 Å². The van der Waals surface area contributed by atoms with Crippen LogP contribution in [0, 0.1) is 12.7 Å². The summed E-state index contributed by atoms with van der Waals surface area (Å²) in [6.45, 7) is 6.28. The summed E-state index contributed by atoms with van der Waals surface area (Å²) in [6, 6.07) is 6.65. The highest BCUT2D eigenvalue weighted by Gasteiger charge is 2.28. The molecule has 28 heavy (non-hydrogen) atoms. The lowest BCUT2D eigenvalue weighted by atomic mass is 10.0.